The Bertz CT molecular complexity index is 465. The largest absolute Gasteiger partial charge is 0.307 e. The lowest BCUT2D eigenvalue weighted by Crippen LogP contribution is -2.17. The first-order chi connectivity index (χ1) is 7.63. The highest BCUT2D eigenvalue weighted by molar-refractivity contribution is 7.12. The van der Waals surface area contributed by atoms with Gasteiger partial charge in [0.05, 0.1) is 11.7 Å². The topological polar surface area (TPSA) is 24.9 Å². The van der Waals surface area contributed by atoms with E-state index < -0.39 is 0 Å². The Hall–Kier alpha value is -0.710. The average molecular weight is 252 g/mol. The zero-order valence-electron chi connectivity index (χ0n) is 10.00. The number of hydrogen-bond donors (Lipinski definition) is 1. The normalized spacial score (nSPS) is 13.0. The van der Waals surface area contributed by atoms with E-state index in [0.29, 0.717) is 0 Å². The van der Waals surface area contributed by atoms with Gasteiger partial charge in [0.15, 0.2) is 0 Å². The van der Waals surface area contributed by atoms with Crippen LogP contribution in [0.4, 0.5) is 0 Å². The molecule has 2 aromatic rings. The lowest BCUT2D eigenvalue weighted by Gasteiger charge is -2.12. The third kappa shape index (κ3) is 2.05. The van der Waals surface area contributed by atoms with Gasteiger partial charge in [-0.3, -0.25) is 0 Å². The molecule has 0 bridgehead atoms. The van der Waals surface area contributed by atoms with E-state index in [9.17, 15) is 0 Å². The van der Waals surface area contributed by atoms with Gasteiger partial charge in [0, 0.05) is 9.75 Å². The molecule has 0 aliphatic rings. The van der Waals surface area contributed by atoms with Gasteiger partial charge in [0.1, 0.15) is 5.01 Å². The summed E-state index contributed by atoms with van der Waals surface area (Å²) in [6.45, 7) is 6.36. The number of nitrogens with zero attached hydrogens (tertiary/aromatic N) is 1. The van der Waals surface area contributed by atoms with Gasteiger partial charge in [-0.1, -0.05) is 0 Å². The molecule has 86 valence electrons. The molecule has 2 nitrogen and oxygen atoms in total. The molecule has 4 heteroatoms. The van der Waals surface area contributed by atoms with Crippen molar-refractivity contribution in [1.82, 2.24) is 10.3 Å². The summed E-state index contributed by atoms with van der Waals surface area (Å²) in [5.41, 5.74) is 2.49. The van der Waals surface area contributed by atoms with Crippen LogP contribution in [0.3, 0.4) is 0 Å². The monoisotopic (exact) mass is 252 g/mol. The van der Waals surface area contributed by atoms with Crippen LogP contribution in [0.2, 0.25) is 0 Å². The van der Waals surface area contributed by atoms with E-state index in [0.717, 1.165) is 5.69 Å². The molecule has 0 spiro atoms. The fraction of sp³-hybridized carbons (Fsp3) is 0.417. The first kappa shape index (κ1) is 11.8. The van der Waals surface area contributed by atoms with Crippen LogP contribution in [0.25, 0.3) is 0 Å². The quantitative estimate of drug-likeness (QED) is 0.905. The zero-order valence-corrected chi connectivity index (χ0v) is 11.6. The summed E-state index contributed by atoms with van der Waals surface area (Å²) in [7, 11) is 2.00. The van der Waals surface area contributed by atoms with Crippen molar-refractivity contribution in [3.05, 3.63) is 37.5 Å². The fourth-order valence-corrected chi connectivity index (χ4v) is 3.82. The first-order valence-electron chi connectivity index (χ1n) is 5.28. The highest BCUT2D eigenvalue weighted by Crippen LogP contribution is 2.32. The zero-order chi connectivity index (χ0) is 11.7. The van der Waals surface area contributed by atoms with Crippen molar-refractivity contribution in [3.63, 3.8) is 0 Å². The van der Waals surface area contributed by atoms with Gasteiger partial charge in [0.2, 0.25) is 0 Å². The summed E-state index contributed by atoms with van der Waals surface area (Å²) in [5, 5.41) is 6.67. The summed E-state index contributed by atoms with van der Waals surface area (Å²) in [4.78, 5) is 7.32. The number of thiophene rings is 1. The van der Waals surface area contributed by atoms with Crippen LogP contribution in [0.1, 0.15) is 32.1 Å². The molecule has 0 fully saturated rings. The van der Waals surface area contributed by atoms with Crippen molar-refractivity contribution >= 4 is 22.7 Å². The van der Waals surface area contributed by atoms with E-state index in [1.54, 1.807) is 22.7 Å². The molecule has 0 radical (unpaired) electrons. The molecule has 1 unspecified atom stereocenters. The first-order valence-corrected chi connectivity index (χ1v) is 6.98. The predicted octanol–water partition coefficient (Wildman–Crippen LogP) is 3.44. The Morgan fingerprint density at radius 3 is 2.50 bits per heavy atom. The van der Waals surface area contributed by atoms with E-state index in [-0.39, 0.29) is 6.04 Å². The second kappa shape index (κ2) is 4.65. The summed E-state index contributed by atoms with van der Waals surface area (Å²) in [6.07, 6.45) is 0. The molecule has 2 rings (SSSR count). The highest BCUT2D eigenvalue weighted by Gasteiger charge is 2.19. The van der Waals surface area contributed by atoms with Gasteiger partial charge >= 0.3 is 0 Å². The molecule has 1 N–H and O–H groups in total. The molecule has 0 aromatic carbocycles. The molecular weight excluding hydrogens is 236 g/mol. The van der Waals surface area contributed by atoms with Crippen LogP contribution in [-0.2, 0) is 0 Å². The standard InChI is InChI=1S/C12H16N2S2/c1-7-5-6-15-11(7)10(13-4)12-14-8(2)9(3)16-12/h5-6,10,13H,1-4H3. The second-order valence-corrected chi connectivity index (χ2v) is 6.07. The molecule has 0 aliphatic carbocycles. The molecule has 0 saturated carbocycles. The highest BCUT2D eigenvalue weighted by atomic mass is 32.1. The smallest absolute Gasteiger partial charge is 0.115 e. The Kier molecular flexibility index (Phi) is 3.42. The van der Waals surface area contributed by atoms with Gasteiger partial charge in [-0.2, -0.15) is 0 Å². The van der Waals surface area contributed by atoms with Crippen LogP contribution >= 0.6 is 22.7 Å². The molecule has 0 aliphatic heterocycles. The minimum absolute atomic E-state index is 0.248. The summed E-state index contributed by atoms with van der Waals surface area (Å²) in [6, 6.07) is 2.41. The van der Waals surface area contributed by atoms with Crippen molar-refractivity contribution < 1.29 is 0 Å². The van der Waals surface area contributed by atoms with Gasteiger partial charge in [-0.15, -0.1) is 22.7 Å². The summed E-state index contributed by atoms with van der Waals surface area (Å²) < 4.78 is 0. The van der Waals surface area contributed by atoms with Crippen molar-refractivity contribution in [2.75, 3.05) is 7.05 Å². The third-order valence-electron chi connectivity index (χ3n) is 2.74. The SMILES string of the molecule is CNC(c1nc(C)c(C)s1)c1sccc1C. The number of thiazole rings is 1. The Balaban J connectivity index is 2.40. The summed E-state index contributed by atoms with van der Waals surface area (Å²) in [5.74, 6) is 0. The number of aryl methyl sites for hydroxylation is 3. The lowest BCUT2D eigenvalue weighted by molar-refractivity contribution is 0.693. The van der Waals surface area contributed by atoms with E-state index in [1.165, 1.54) is 20.3 Å². The van der Waals surface area contributed by atoms with E-state index in [2.05, 4.69) is 42.5 Å². The number of hydrogen-bond acceptors (Lipinski definition) is 4. The second-order valence-electron chi connectivity index (χ2n) is 3.88. The van der Waals surface area contributed by atoms with Crippen LogP contribution < -0.4 is 5.32 Å². The van der Waals surface area contributed by atoms with E-state index in [4.69, 9.17) is 0 Å². The van der Waals surface area contributed by atoms with E-state index >= 15 is 0 Å². The molecule has 16 heavy (non-hydrogen) atoms. The lowest BCUT2D eigenvalue weighted by atomic mass is 10.2. The number of rotatable bonds is 3. The minimum Gasteiger partial charge on any atom is -0.307 e. The van der Waals surface area contributed by atoms with Gasteiger partial charge < -0.3 is 5.32 Å². The van der Waals surface area contributed by atoms with Crippen molar-refractivity contribution in [1.29, 1.82) is 0 Å². The molecule has 2 heterocycles. The van der Waals surface area contributed by atoms with Crippen molar-refractivity contribution in [2.24, 2.45) is 0 Å². The van der Waals surface area contributed by atoms with Crippen molar-refractivity contribution in [3.8, 4) is 0 Å². The maximum Gasteiger partial charge on any atom is 0.115 e. The molecule has 1 atom stereocenters. The Labute approximate surface area is 104 Å². The maximum absolute atomic E-state index is 4.64. The average Bonchev–Trinajstić information content (AvgIpc) is 2.78. The molecular formula is C12H16N2S2. The van der Waals surface area contributed by atoms with E-state index in [1.807, 2.05) is 7.05 Å². The molecule has 0 amide bonds. The van der Waals surface area contributed by atoms with Crippen LogP contribution in [0.5, 0.6) is 0 Å². The molecule has 0 saturated heterocycles. The predicted molar refractivity (Wildman–Crippen MR) is 71.5 cm³/mol. The fourth-order valence-electron chi connectivity index (χ4n) is 1.67. The van der Waals surface area contributed by atoms with Crippen LogP contribution in [0.15, 0.2) is 11.4 Å². The van der Waals surface area contributed by atoms with Gasteiger partial charge in [-0.25, -0.2) is 4.98 Å². The molecule has 2 aromatic heterocycles. The Morgan fingerprint density at radius 2 is 2.06 bits per heavy atom. The Morgan fingerprint density at radius 1 is 1.31 bits per heavy atom. The van der Waals surface area contributed by atoms with Gasteiger partial charge in [0.25, 0.3) is 0 Å². The van der Waals surface area contributed by atoms with Gasteiger partial charge in [-0.05, 0) is 44.8 Å². The van der Waals surface area contributed by atoms with Crippen molar-refractivity contribution in [2.45, 2.75) is 26.8 Å². The third-order valence-corrected chi connectivity index (χ3v) is 4.97. The van der Waals surface area contributed by atoms with Crippen LogP contribution in [-0.4, -0.2) is 12.0 Å². The maximum atomic E-state index is 4.64. The summed E-state index contributed by atoms with van der Waals surface area (Å²) >= 11 is 3.58. The number of nitrogens with one attached hydrogen (secondary N) is 1. The van der Waals surface area contributed by atoms with Crippen LogP contribution in [0, 0.1) is 20.8 Å². The number of aromatic nitrogens is 1. The minimum atomic E-state index is 0.248.